The summed E-state index contributed by atoms with van der Waals surface area (Å²) < 4.78 is 14.7. The van der Waals surface area contributed by atoms with Crippen LogP contribution in [0.4, 0.5) is 33.1 Å². The van der Waals surface area contributed by atoms with Gasteiger partial charge in [0.05, 0.1) is 5.69 Å². The van der Waals surface area contributed by atoms with Gasteiger partial charge in [-0.25, -0.2) is 14.4 Å². The molecule has 7 heteroatoms. The molecular formula is C20H21BrFN5. The van der Waals surface area contributed by atoms with Crippen molar-refractivity contribution in [3.05, 3.63) is 64.6 Å². The predicted molar refractivity (Wildman–Crippen MR) is 112 cm³/mol. The van der Waals surface area contributed by atoms with Crippen molar-refractivity contribution in [1.82, 2.24) is 9.97 Å². The van der Waals surface area contributed by atoms with Gasteiger partial charge in [0.25, 0.3) is 0 Å². The second-order valence-corrected chi connectivity index (χ2v) is 7.07. The fourth-order valence-corrected chi connectivity index (χ4v) is 2.92. The number of hydrogen-bond donors (Lipinski definition) is 3. The van der Waals surface area contributed by atoms with E-state index in [4.69, 9.17) is 5.73 Å². The minimum atomic E-state index is -0.403. The van der Waals surface area contributed by atoms with Crippen LogP contribution in [-0.4, -0.2) is 9.97 Å². The third-order valence-corrected chi connectivity index (χ3v) is 4.60. The highest BCUT2D eigenvalue weighted by molar-refractivity contribution is 9.10. The van der Waals surface area contributed by atoms with E-state index < -0.39 is 5.82 Å². The van der Waals surface area contributed by atoms with E-state index in [0.717, 1.165) is 12.1 Å². The molecule has 3 aromatic rings. The van der Waals surface area contributed by atoms with Gasteiger partial charge in [0, 0.05) is 10.2 Å². The number of anilines is 5. The zero-order valence-electron chi connectivity index (χ0n) is 15.0. The monoisotopic (exact) mass is 429 g/mol. The van der Waals surface area contributed by atoms with Crippen LogP contribution in [-0.2, 0) is 6.42 Å². The van der Waals surface area contributed by atoms with E-state index in [-0.39, 0.29) is 5.69 Å². The summed E-state index contributed by atoms with van der Waals surface area (Å²) in [6.07, 6.45) is 4.80. The Morgan fingerprint density at radius 1 is 1.04 bits per heavy atom. The largest absolute Gasteiger partial charge is 0.393 e. The molecule has 0 saturated heterocycles. The number of unbranched alkanes of at least 4 members (excludes halogenated alkanes) is 1. The second-order valence-electron chi connectivity index (χ2n) is 6.16. The van der Waals surface area contributed by atoms with Gasteiger partial charge in [0.1, 0.15) is 17.8 Å². The van der Waals surface area contributed by atoms with Crippen molar-refractivity contribution < 1.29 is 4.39 Å². The summed E-state index contributed by atoms with van der Waals surface area (Å²) >= 11 is 3.24. The summed E-state index contributed by atoms with van der Waals surface area (Å²) in [5.74, 6) is 0.402. The molecule has 27 heavy (non-hydrogen) atoms. The maximum Gasteiger partial charge on any atom is 0.159 e. The van der Waals surface area contributed by atoms with E-state index in [1.165, 1.54) is 30.8 Å². The Bertz CT molecular complexity index is 915. The van der Waals surface area contributed by atoms with Crippen molar-refractivity contribution in [1.29, 1.82) is 0 Å². The normalized spacial score (nSPS) is 10.6. The fourth-order valence-electron chi connectivity index (χ4n) is 2.59. The number of hydrogen-bond acceptors (Lipinski definition) is 5. The van der Waals surface area contributed by atoms with Crippen molar-refractivity contribution in [2.45, 2.75) is 26.2 Å². The van der Waals surface area contributed by atoms with E-state index in [0.29, 0.717) is 21.8 Å². The van der Waals surface area contributed by atoms with Gasteiger partial charge < -0.3 is 16.4 Å². The van der Waals surface area contributed by atoms with Gasteiger partial charge in [-0.3, -0.25) is 0 Å². The quantitative estimate of drug-likeness (QED) is 0.442. The Morgan fingerprint density at radius 2 is 1.74 bits per heavy atom. The van der Waals surface area contributed by atoms with Gasteiger partial charge in [-0.2, -0.15) is 0 Å². The standard InChI is InChI=1S/C20H21BrFN5/c1-2-3-4-13-5-8-15(9-6-13)26-19-18(23)20(25-12-24-19)27-17-10-7-14(21)11-16(17)22/h5-12H,2-4,23H2,1H3,(H2,24,25,26,27). The molecule has 0 spiro atoms. The minimum Gasteiger partial charge on any atom is -0.393 e. The molecule has 0 unspecified atom stereocenters. The van der Waals surface area contributed by atoms with Crippen LogP contribution in [0.3, 0.4) is 0 Å². The molecule has 0 aliphatic carbocycles. The molecule has 1 aromatic heterocycles. The van der Waals surface area contributed by atoms with Crippen LogP contribution >= 0.6 is 15.9 Å². The molecule has 1 heterocycles. The van der Waals surface area contributed by atoms with E-state index in [1.54, 1.807) is 12.1 Å². The lowest BCUT2D eigenvalue weighted by Crippen LogP contribution is -2.06. The van der Waals surface area contributed by atoms with Gasteiger partial charge in [0.15, 0.2) is 11.6 Å². The highest BCUT2D eigenvalue weighted by Gasteiger charge is 2.11. The van der Waals surface area contributed by atoms with Crippen molar-refractivity contribution in [2.24, 2.45) is 0 Å². The molecular weight excluding hydrogens is 409 g/mol. The number of nitrogens with one attached hydrogen (secondary N) is 2. The number of halogens is 2. The van der Waals surface area contributed by atoms with Crippen LogP contribution in [0.25, 0.3) is 0 Å². The lowest BCUT2D eigenvalue weighted by atomic mass is 10.1. The number of benzene rings is 2. The Morgan fingerprint density at radius 3 is 2.41 bits per heavy atom. The molecule has 4 N–H and O–H groups in total. The number of nitrogen functional groups attached to an aromatic ring is 1. The van der Waals surface area contributed by atoms with E-state index in [1.807, 2.05) is 12.1 Å². The summed E-state index contributed by atoms with van der Waals surface area (Å²) in [6, 6.07) is 12.9. The van der Waals surface area contributed by atoms with Crippen LogP contribution in [0.2, 0.25) is 0 Å². The van der Waals surface area contributed by atoms with Gasteiger partial charge in [-0.1, -0.05) is 41.4 Å². The zero-order valence-corrected chi connectivity index (χ0v) is 16.6. The van der Waals surface area contributed by atoms with Gasteiger partial charge in [-0.05, 0) is 48.7 Å². The third kappa shape index (κ3) is 4.95. The Hall–Kier alpha value is -2.67. The first-order valence-electron chi connectivity index (χ1n) is 8.75. The molecule has 2 aromatic carbocycles. The summed E-state index contributed by atoms with van der Waals surface area (Å²) in [7, 11) is 0. The highest BCUT2D eigenvalue weighted by Crippen LogP contribution is 2.30. The van der Waals surface area contributed by atoms with Gasteiger partial charge in [-0.15, -0.1) is 0 Å². The summed E-state index contributed by atoms with van der Waals surface area (Å²) in [4.78, 5) is 8.32. The summed E-state index contributed by atoms with van der Waals surface area (Å²) in [6.45, 7) is 2.18. The maximum absolute atomic E-state index is 14.0. The first-order valence-corrected chi connectivity index (χ1v) is 9.54. The van der Waals surface area contributed by atoms with Gasteiger partial charge >= 0.3 is 0 Å². The van der Waals surface area contributed by atoms with Crippen molar-refractivity contribution in [2.75, 3.05) is 16.4 Å². The van der Waals surface area contributed by atoms with Gasteiger partial charge in [0.2, 0.25) is 0 Å². The molecule has 0 aliphatic heterocycles. The summed E-state index contributed by atoms with van der Waals surface area (Å²) in [5, 5.41) is 6.10. The molecule has 0 atom stereocenters. The van der Waals surface area contributed by atoms with E-state index in [9.17, 15) is 4.39 Å². The number of rotatable bonds is 7. The Balaban J connectivity index is 1.76. The average molecular weight is 430 g/mol. The smallest absolute Gasteiger partial charge is 0.159 e. The highest BCUT2D eigenvalue weighted by atomic mass is 79.9. The molecule has 0 amide bonds. The Kier molecular flexibility index (Phi) is 6.24. The Labute approximate surface area is 166 Å². The lowest BCUT2D eigenvalue weighted by molar-refractivity contribution is 0.631. The first-order chi connectivity index (χ1) is 13.1. The van der Waals surface area contributed by atoms with Crippen LogP contribution in [0.5, 0.6) is 0 Å². The van der Waals surface area contributed by atoms with Crippen molar-refractivity contribution >= 4 is 44.6 Å². The number of aryl methyl sites for hydroxylation is 1. The summed E-state index contributed by atoms with van der Waals surface area (Å²) in [5.41, 5.74) is 8.95. The lowest BCUT2D eigenvalue weighted by Gasteiger charge is -2.13. The molecule has 5 nitrogen and oxygen atoms in total. The minimum absolute atomic E-state index is 0.287. The molecule has 0 saturated carbocycles. The van der Waals surface area contributed by atoms with Crippen LogP contribution < -0.4 is 16.4 Å². The van der Waals surface area contributed by atoms with Crippen molar-refractivity contribution in [3.63, 3.8) is 0 Å². The van der Waals surface area contributed by atoms with Crippen LogP contribution in [0.1, 0.15) is 25.3 Å². The fraction of sp³-hybridized carbons (Fsp3) is 0.200. The van der Waals surface area contributed by atoms with E-state index >= 15 is 0 Å². The SMILES string of the molecule is CCCCc1ccc(Nc2ncnc(Nc3ccc(Br)cc3F)c2N)cc1. The number of aromatic nitrogens is 2. The number of nitrogens with zero attached hydrogens (tertiary/aromatic N) is 2. The second kappa shape index (κ2) is 8.81. The maximum atomic E-state index is 14.0. The van der Waals surface area contributed by atoms with E-state index in [2.05, 4.69) is 55.6 Å². The number of nitrogens with two attached hydrogens (primary N) is 1. The first kappa shape index (κ1) is 19.1. The molecule has 0 bridgehead atoms. The third-order valence-electron chi connectivity index (χ3n) is 4.10. The molecule has 0 aliphatic rings. The topological polar surface area (TPSA) is 75.9 Å². The average Bonchev–Trinajstić information content (AvgIpc) is 2.66. The molecule has 140 valence electrons. The zero-order chi connectivity index (χ0) is 19.2. The molecule has 0 radical (unpaired) electrons. The molecule has 0 fully saturated rings. The van der Waals surface area contributed by atoms with Crippen molar-refractivity contribution in [3.8, 4) is 0 Å². The molecule has 3 rings (SSSR count). The van der Waals surface area contributed by atoms with Crippen LogP contribution in [0, 0.1) is 5.82 Å². The van der Waals surface area contributed by atoms with Crippen LogP contribution in [0.15, 0.2) is 53.3 Å². The predicted octanol–water partition coefficient (Wildman–Crippen LogP) is 5.79.